The van der Waals surface area contributed by atoms with Gasteiger partial charge in [-0.2, -0.15) is 0 Å². The van der Waals surface area contributed by atoms with Gasteiger partial charge in [0.2, 0.25) is 5.76 Å². The average molecular weight is 443 g/mol. The summed E-state index contributed by atoms with van der Waals surface area (Å²) in [5.41, 5.74) is 0.813. The van der Waals surface area contributed by atoms with Gasteiger partial charge in [0, 0.05) is 16.3 Å². The number of carbonyl (C=O) groups excluding carboxylic acids is 1. The number of nitrogens with zero attached hydrogens (tertiary/aromatic N) is 2. The van der Waals surface area contributed by atoms with Crippen LogP contribution < -0.4 is 5.56 Å². The van der Waals surface area contributed by atoms with Crippen LogP contribution >= 0.6 is 22.9 Å². The second-order valence-corrected chi connectivity index (χ2v) is 8.32. The van der Waals surface area contributed by atoms with Crippen molar-refractivity contribution in [2.75, 3.05) is 7.11 Å². The van der Waals surface area contributed by atoms with Crippen LogP contribution in [-0.2, 0) is 24.1 Å². The number of fused-ring (bicyclic) bond motifs is 1. The molecule has 0 saturated heterocycles. The Hall–Kier alpha value is -2.90. The van der Waals surface area contributed by atoms with E-state index in [0.717, 1.165) is 21.7 Å². The summed E-state index contributed by atoms with van der Waals surface area (Å²) < 4.78 is 11.9. The number of rotatable bonds is 6. The van der Waals surface area contributed by atoms with E-state index in [1.807, 2.05) is 31.2 Å². The Bertz CT molecular complexity index is 1290. The van der Waals surface area contributed by atoms with Gasteiger partial charge in [-0.05, 0) is 42.3 Å². The number of hydrogen-bond donors (Lipinski definition) is 0. The van der Waals surface area contributed by atoms with Crippen LogP contribution in [0.3, 0.4) is 0 Å². The third-order valence-corrected chi connectivity index (χ3v) is 6.15. The van der Waals surface area contributed by atoms with E-state index in [-0.39, 0.29) is 17.9 Å². The number of ether oxygens (including phenoxy) is 1. The van der Waals surface area contributed by atoms with Crippen molar-refractivity contribution in [1.29, 1.82) is 0 Å². The number of furan rings is 1. The lowest BCUT2D eigenvalue weighted by molar-refractivity contribution is 0.0563. The van der Waals surface area contributed by atoms with Gasteiger partial charge >= 0.3 is 5.97 Å². The Morgan fingerprint density at radius 1 is 1.27 bits per heavy atom. The number of aromatic nitrogens is 2. The summed E-state index contributed by atoms with van der Waals surface area (Å²) in [6.45, 7) is 2.21. The first-order valence-corrected chi connectivity index (χ1v) is 10.6. The summed E-state index contributed by atoms with van der Waals surface area (Å²) in [6, 6.07) is 12.6. The summed E-state index contributed by atoms with van der Waals surface area (Å²) in [5, 5.41) is 1.21. The van der Waals surface area contributed by atoms with Crippen molar-refractivity contribution in [3.05, 3.63) is 85.6 Å². The lowest BCUT2D eigenvalue weighted by Crippen LogP contribution is -2.25. The number of benzene rings is 1. The number of esters is 1. The van der Waals surface area contributed by atoms with E-state index in [1.165, 1.54) is 24.5 Å². The fourth-order valence-corrected chi connectivity index (χ4v) is 4.43. The number of carbonyl (C=O) groups is 1. The van der Waals surface area contributed by atoms with E-state index >= 15 is 0 Å². The van der Waals surface area contributed by atoms with Crippen molar-refractivity contribution < 1.29 is 13.9 Å². The zero-order chi connectivity index (χ0) is 21.3. The molecule has 0 spiro atoms. The molecule has 0 saturated carbocycles. The maximum atomic E-state index is 13.3. The molecular formula is C22H19ClN2O4S. The van der Waals surface area contributed by atoms with Crippen molar-refractivity contribution in [3.63, 3.8) is 0 Å². The molecule has 30 heavy (non-hydrogen) atoms. The van der Waals surface area contributed by atoms with E-state index < -0.39 is 5.97 Å². The minimum atomic E-state index is -0.563. The van der Waals surface area contributed by atoms with Gasteiger partial charge in [0.05, 0.1) is 19.0 Å². The van der Waals surface area contributed by atoms with Gasteiger partial charge in [0.1, 0.15) is 16.4 Å². The fraction of sp³-hybridized carbons (Fsp3) is 0.227. The van der Waals surface area contributed by atoms with Crippen LogP contribution in [0.4, 0.5) is 0 Å². The first-order valence-electron chi connectivity index (χ1n) is 9.42. The third-order valence-electron chi connectivity index (χ3n) is 4.74. The van der Waals surface area contributed by atoms with Crippen molar-refractivity contribution in [2.24, 2.45) is 0 Å². The minimum absolute atomic E-state index is 0.0924. The van der Waals surface area contributed by atoms with Crippen LogP contribution in [-0.4, -0.2) is 22.6 Å². The Kier molecular flexibility index (Phi) is 5.74. The molecule has 4 aromatic rings. The quantitative estimate of drug-likeness (QED) is 0.405. The molecule has 0 N–H and O–H groups in total. The molecule has 0 aliphatic heterocycles. The zero-order valence-corrected chi connectivity index (χ0v) is 18.0. The topological polar surface area (TPSA) is 74.3 Å². The van der Waals surface area contributed by atoms with Crippen LogP contribution in [0, 0.1) is 0 Å². The summed E-state index contributed by atoms with van der Waals surface area (Å²) in [7, 11) is 1.29. The second-order valence-electron chi connectivity index (χ2n) is 6.77. The Balaban J connectivity index is 1.80. The summed E-state index contributed by atoms with van der Waals surface area (Å²) >= 11 is 7.66. The molecule has 0 amide bonds. The molecule has 0 radical (unpaired) electrons. The van der Waals surface area contributed by atoms with E-state index in [0.29, 0.717) is 28.4 Å². The molecule has 0 aliphatic carbocycles. The monoisotopic (exact) mass is 442 g/mol. The smallest absolute Gasteiger partial charge is 0.373 e. The molecule has 154 valence electrons. The van der Waals surface area contributed by atoms with Gasteiger partial charge in [0.15, 0.2) is 0 Å². The van der Waals surface area contributed by atoms with Crippen molar-refractivity contribution in [2.45, 2.75) is 26.3 Å². The van der Waals surface area contributed by atoms with Gasteiger partial charge in [-0.1, -0.05) is 30.7 Å². The Morgan fingerprint density at radius 3 is 2.83 bits per heavy atom. The maximum Gasteiger partial charge on any atom is 0.373 e. The molecular weight excluding hydrogens is 424 g/mol. The van der Waals surface area contributed by atoms with Crippen LogP contribution in [0.2, 0.25) is 5.02 Å². The average Bonchev–Trinajstić information content (AvgIpc) is 3.37. The van der Waals surface area contributed by atoms with E-state index in [4.69, 9.17) is 21.0 Å². The van der Waals surface area contributed by atoms with Gasteiger partial charge in [-0.15, -0.1) is 11.3 Å². The first-order chi connectivity index (χ1) is 14.5. The first kappa shape index (κ1) is 20.4. The SMILES string of the molecule is CCc1cc2c(=O)n(Cc3ccc(C(=O)OC)o3)c(Cc3cccc(Cl)c3)nc2s1. The number of halogens is 1. The number of methoxy groups -OCH3 is 1. The van der Waals surface area contributed by atoms with Gasteiger partial charge in [0.25, 0.3) is 5.56 Å². The lowest BCUT2D eigenvalue weighted by atomic mass is 10.1. The van der Waals surface area contributed by atoms with E-state index in [2.05, 4.69) is 4.74 Å². The fourth-order valence-electron chi connectivity index (χ4n) is 3.24. The molecule has 3 heterocycles. The standard InChI is InChI=1S/C22H19ClN2O4S/c1-3-16-11-17-20(30-16)24-19(10-13-5-4-6-14(23)9-13)25(21(17)26)12-15-7-8-18(29-15)22(27)28-2/h4-9,11H,3,10,12H2,1-2H3. The molecule has 6 nitrogen and oxygen atoms in total. The van der Waals surface area contributed by atoms with Gasteiger partial charge < -0.3 is 9.15 Å². The Morgan fingerprint density at radius 2 is 2.10 bits per heavy atom. The lowest BCUT2D eigenvalue weighted by Gasteiger charge is -2.11. The molecule has 0 bridgehead atoms. The molecule has 0 atom stereocenters. The molecule has 4 rings (SSSR count). The summed E-state index contributed by atoms with van der Waals surface area (Å²) in [5.74, 6) is 0.605. The normalized spacial score (nSPS) is 11.2. The molecule has 3 aromatic heterocycles. The van der Waals surface area contributed by atoms with E-state index in [1.54, 1.807) is 16.7 Å². The molecule has 0 aliphatic rings. The van der Waals surface area contributed by atoms with Crippen molar-refractivity contribution >= 4 is 39.1 Å². The number of aryl methyl sites for hydroxylation is 1. The largest absolute Gasteiger partial charge is 0.463 e. The van der Waals surface area contributed by atoms with Crippen LogP contribution in [0.15, 0.2) is 51.7 Å². The molecule has 8 heteroatoms. The minimum Gasteiger partial charge on any atom is -0.463 e. The van der Waals surface area contributed by atoms with Crippen LogP contribution in [0.1, 0.15) is 39.5 Å². The van der Waals surface area contributed by atoms with Crippen LogP contribution in [0.5, 0.6) is 0 Å². The predicted molar refractivity (Wildman–Crippen MR) is 117 cm³/mol. The number of hydrogen-bond acceptors (Lipinski definition) is 6. The third kappa shape index (κ3) is 4.04. The molecule has 1 aromatic carbocycles. The highest BCUT2D eigenvalue weighted by molar-refractivity contribution is 7.18. The highest BCUT2D eigenvalue weighted by Gasteiger charge is 2.17. The van der Waals surface area contributed by atoms with Crippen LogP contribution in [0.25, 0.3) is 10.2 Å². The highest BCUT2D eigenvalue weighted by Crippen LogP contribution is 2.24. The maximum absolute atomic E-state index is 13.3. The number of thiophene rings is 1. The van der Waals surface area contributed by atoms with Gasteiger partial charge in [-0.25, -0.2) is 9.78 Å². The highest BCUT2D eigenvalue weighted by atomic mass is 35.5. The summed E-state index contributed by atoms with van der Waals surface area (Å²) in [6.07, 6.45) is 1.28. The molecule has 0 unspecified atom stereocenters. The Labute approximate surface area is 181 Å². The van der Waals surface area contributed by atoms with E-state index in [9.17, 15) is 9.59 Å². The van der Waals surface area contributed by atoms with Crippen molar-refractivity contribution in [3.8, 4) is 0 Å². The summed E-state index contributed by atoms with van der Waals surface area (Å²) in [4.78, 5) is 31.6. The van der Waals surface area contributed by atoms with Crippen molar-refractivity contribution in [1.82, 2.24) is 9.55 Å². The zero-order valence-electron chi connectivity index (χ0n) is 16.5. The predicted octanol–water partition coefficient (Wildman–Crippen LogP) is 4.69. The second kappa shape index (κ2) is 8.45. The van der Waals surface area contributed by atoms with Gasteiger partial charge in [-0.3, -0.25) is 9.36 Å². The molecule has 0 fully saturated rings.